The number of carboxylic acids is 1. The van der Waals surface area contributed by atoms with Gasteiger partial charge in [0.1, 0.15) is 0 Å². The number of benzene rings is 1. The van der Waals surface area contributed by atoms with Gasteiger partial charge in [0.05, 0.1) is 17.8 Å². The molecule has 0 bridgehead atoms. The molecule has 0 radical (unpaired) electrons. The fourth-order valence-corrected chi connectivity index (χ4v) is 1.95. The topological polar surface area (TPSA) is 83.6 Å². The number of halogens is 1. The van der Waals surface area contributed by atoms with Gasteiger partial charge in [-0.3, -0.25) is 4.79 Å². The Hall–Kier alpha value is -1.56. The van der Waals surface area contributed by atoms with E-state index in [2.05, 4.69) is 15.9 Å². The van der Waals surface area contributed by atoms with Crippen LogP contribution in [0.15, 0.2) is 22.7 Å². The lowest BCUT2D eigenvalue weighted by Gasteiger charge is -2.19. The number of nitrogens with zero attached hydrogens (tertiary/aromatic N) is 1. The molecule has 0 aliphatic rings. The Balaban J connectivity index is 2.98. The Morgan fingerprint density at radius 1 is 1.50 bits per heavy atom. The highest BCUT2D eigenvalue weighted by molar-refractivity contribution is 9.10. The average molecular weight is 287 g/mol. The number of amides is 1. The maximum Gasteiger partial charge on any atom is 0.335 e. The van der Waals surface area contributed by atoms with E-state index >= 15 is 0 Å². The molecule has 3 N–H and O–H groups in total. The Bertz CT molecular complexity index is 434. The van der Waals surface area contributed by atoms with E-state index in [4.69, 9.17) is 10.8 Å². The van der Waals surface area contributed by atoms with Gasteiger partial charge in [-0.25, -0.2) is 4.79 Å². The summed E-state index contributed by atoms with van der Waals surface area (Å²) in [6, 6.07) is 4.57. The first-order valence-electron chi connectivity index (χ1n) is 4.44. The number of carbonyl (C=O) groups is 2. The minimum Gasteiger partial charge on any atom is -0.478 e. The number of hydrogen-bond acceptors (Lipinski definition) is 3. The van der Waals surface area contributed by atoms with Gasteiger partial charge in [-0.1, -0.05) is 0 Å². The van der Waals surface area contributed by atoms with Crippen LogP contribution >= 0.6 is 15.9 Å². The minimum absolute atomic E-state index is 0.0744. The third-order valence-electron chi connectivity index (χ3n) is 2.00. The van der Waals surface area contributed by atoms with Crippen molar-refractivity contribution in [3.8, 4) is 0 Å². The van der Waals surface area contributed by atoms with Gasteiger partial charge in [0.15, 0.2) is 0 Å². The summed E-state index contributed by atoms with van der Waals surface area (Å²) >= 11 is 3.25. The van der Waals surface area contributed by atoms with Gasteiger partial charge >= 0.3 is 5.97 Å². The second-order valence-corrected chi connectivity index (χ2v) is 4.15. The maximum absolute atomic E-state index is 10.7. The molecule has 0 saturated carbocycles. The molecule has 0 aromatic heterocycles. The van der Waals surface area contributed by atoms with Crippen molar-refractivity contribution in [3.63, 3.8) is 0 Å². The molecule has 86 valence electrons. The molecule has 0 saturated heterocycles. The van der Waals surface area contributed by atoms with E-state index in [0.717, 1.165) is 0 Å². The van der Waals surface area contributed by atoms with E-state index in [0.29, 0.717) is 10.2 Å². The summed E-state index contributed by atoms with van der Waals surface area (Å²) in [6.07, 6.45) is 0. The molecular formula is C10H11BrN2O3. The number of carboxylic acid groups (broad SMARTS) is 1. The average Bonchev–Trinajstić information content (AvgIpc) is 2.15. The van der Waals surface area contributed by atoms with Gasteiger partial charge in [-0.05, 0) is 34.1 Å². The third-order valence-corrected chi connectivity index (χ3v) is 2.63. The molecule has 1 aromatic rings. The van der Waals surface area contributed by atoms with Crippen LogP contribution in [0.5, 0.6) is 0 Å². The summed E-state index contributed by atoms with van der Waals surface area (Å²) in [7, 11) is 1.70. The highest BCUT2D eigenvalue weighted by Gasteiger charge is 2.11. The number of aromatic carboxylic acids is 1. The van der Waals surface area contributed by atoms with Gasteiger partial charge in [0, 0.05) is 11.5 Å². The highest BCUT2D eigenvalue weighted by atomic mass is 79.9. The van der Waals surface area contributed by atoms with Crippen LogP contribution in [0.3, 0.4) is 0 Å². The van der Waals surface area contributed by atoms with Crippen molar-refractivity contribution in [2.24, 2.45) is 5.73 Å². The number of hydrogen-bond donors (Lipinski definition) is 2. The quantitative estimate of drug-likeness (QED) is 0.867. The second-order valence-electron chi connectivity index (χ2n) is 3.29. The lowest BCUT2D eigenvalue weighted by Crippen LogP contribution is -2.30. The van der Waals surface area contributed by atoms with E-state index in [1.807, 2.05) is 0 Å². The fraction of sp³-hybridized carbons (Fsp3) is 0.200. The maximum atomic E-state index is 10.7. The summed E-state index contributed by atoms with van der Waals surface area (Å²) in [5.74, 6) is -1.44. The zero-order valence-corrected chi connectivity index (χ0v) is 10.2. The number of nitrogens with two attached hydrogens (primary N) is 1. The molecule has 0 aliphatic heterocycles. The van der Waals surface area contributed by atoms with Crippen molar-refractivity contribution >= 4 is 33.5 Å². The Kier molecular flexibility index (Phi) is 3.89. The SMILES string of the molecule is CN(CC(N)=O)c1ccc(C(=O)O)cc1Br. The van der Waals surface area contributed by atoms with Crippen molar-refractivity contribution in [2.75, 3.05) is 18.5 Å². The van der Waals surface area contributed by atoms with Gasteiger partial charge in [-0.2, -0.15) is 0 Å². The van der Waals surface area contributed by atoms with Gasteiger partial charge in [0.2, 0.25) is 5.91 Å². The van der Waals surface area contributed by atoms with Crippen molar-refractivity contribution in [3.05, 3.63) is 28.2 Å². The van der Waals surface area contributed by atoms with E-state index in [9.17, 15) is 9.59 Å². The molecule has 5 nitrogen and oxygen atoms in total. The number of anilines is 1. The van der Waals surface area contributed by atoms with Crippen LogP contribution in [-0.2, 0) is 4.79 Å². The van der Waals surface area contributed by atoms with Crippen LogP contribution in [-0.4, -0.2) is 30.6 Å². The van der Waals surface area contributed by atoms with E-state index in [1.54, 1.807) is 18.0 Å². The van der Waals surface area contributed by atoms with E-state index < -0.39 is 11.9 Å². The summed E-state index contributed by atoms with van der Waals surface area (Å²) in [6.45, 7) is 0.0744. The van der Waals surface area contributed by atoms with Gasteiger partial charge in [-0.15, -0.1) is 0 Å². The molecule has 1 rings (SSSR count). The molecule has 0 fully saturated rings. The number of carbonyl (C=O) groups excluding carboxylic acids is 1. The summed E-state index contributed by atoms with van der Waals surface area (Å²) in [4.78, 5) is 23.1. The molecule has 0 aliphatic carbocycles. The lowest BCUT2D eigenvalue weighted by molar-refractivity contribution is -0.116. The molecule has 16 heavy (non-hydrogen) atoms. The first-order valence-corrected chi connectivity index (χ1v) is 5.23. The molecule has 6 heteroatoms. The molecule has 0 spiro atoms. The van der Waals surface area contributed by atoms with Crippen molar-refractivity contribution < 1.29 is 14.7 Å². The van der Waals surface area contributed by atoms with Gasteiger partial charge in [0.25, 0.3) is 0 Å². The predicted molar refractivity (Wildman–Crippen MR) is 63.6 cm³/mol. The molecule has 0 heterocycles. The monoisotopic (exact) mass is 286 g/mol. The number of rotatable bonds is 4. The van der Waals surface area contributed by atoms with E-state index in [1.165, 1.54) is 12.1 Å². The Labute approximate surface area is 101 Å². The van der Waals surface area contributed by atoms with Crippen LogP contribution in [0.2, 0.25) is 0 Å². The molecule has 1 aromatic carbocycles. The van der Waals surface area contributed by atoms with Crippen molar-refractivity contribution in [1.82, 2.24) is 0 Å². The number of likely N-dealkylation sites (N-methyl/N-ethyl adjacent to an activating group) is 1. The molecular weight excluding hydrogens is 276 g/mol. The summed E-state index contributed by atoms with van der Waals surface area (Å²) in [5, 5.41) is 8.78. The normalized spacial score (nSPS) is 9.88. The smallest absolute Gasteiger partial charge is 0.335 e. The molecule has 0 unspecified atom stereocenters. The van der Waals surface area contributed by atoms with Crippen LogP contribution in [0.25, 0.3) is 0 Å². The zero-order valence-electron chi connectivity index (χ0n) is 8.61. The third kappa shape index (κ3) is 2.96. The van der Waals surface area contributed by atoms with Crippen LogP contribution in [0, 0.1) is 0 Å². The largest absolute Gasteiger partial charge is 0.478 e. The molecule has 1 amide bonds. The zero-order chi connectivity index (χ0) is 12.3. The first-order chi connectivity index (χ1) is 7.41. The lowest BCUT2D eigenvalue weighted by atomic mass is 10.2. The predicted octanol–water partition coefficient (Wildman–Crippen LogP) is 1.07. The van der Waals surface area contributed by atoms with Crippen molar-refractivity contribution in [2.45, 2.75) is 0 Å². The minimum atomic E-state index is -0.996. The summed E-state index contributed by atoms with van der Waals surface area (Å²) in [5.41, 5.74) is 5.96. The first kappa shape index (κ1) is 12.5. The fourth-order valence-electron chi connectivity index (χ4n) is 1.27. The Morgan fingerprint density at radius 2 is 2.12 bits per heavy atom. The van der Waals surface area contributed by atoms with Crippen LogP contribution in [0.1, 0.15) is 10.4 Å². The number of primary amides is 1. The van der Waals surface area contributed by atoms with Crippen LogP contribution in [0.4, 0.5) is 5.69 Å². The van der Waals surface area contributed by atoms with Crippen molar-refractivity contribution in [1.29, 1.82) is 0 Å². The van der Waals surface area contributed by atoms with Crippen LogP contribution < -0.4 is 10.6 Å². The standard InChI is InChI=1S/C10H11BrN2O3/c1-13(5-9(12)14)8-3-2-6(10(15)16)4-7(8)11/h2-4H,5H2,1H3,(H2,12,14)(H,15,16). The highest BCUT2D eigenvalue weighted by Crippen LogP contribution is 2.26. The Morgan fingerprint density at radius 3 is 2.56 bits per heavy atom. The summed E-state index contributed by atoms with van der Waals surface area (Å²) < 4.78 is 0.608. The second kappa shape index (κ2) is 4.98. The van der Waals surface area contributed by atoms with Gasteiger partial charge < -0.3 is 15.7 Å². The van der Waals surface area contributed by atoms with E-state index in [-0.39, 0.29) is 12.1 Å². The molecule has 0 atom stereocenters.